The number of ether oxygens (including phenoxy) is 1. The Morgan fingerprint density at radius 3 is 2.43 bits per heavy atom. The van der Waals surface area contributed by atoms with Crippen LogP contribution in [-0.4, -0.2) is 68.5 Å². The summed E-state index contributed by atoms with van der Waals surface area (Å²) in [4.78, 5) is 12.8. The maximum atomic E-state index is 12.7. The van der Waals surface area contributed by atoms with Gasteiger partial charge in [-0.05, 0) is 30.7 Å². The topological polar surface area (TPSA) is 87.2 Å². The molecule has 0 atom stereocenters. The van der Waals surface area contributed by atoms with Crippen LogP contribution in [0.5, 0.6) is 5.75 Å². The molecule has 8 heteroatoms. The minimum atomic E-state index is -3.53. The molecule has 128 valence electrons. The van der Waals surface area contributed by atoms with Crippen molar-refractivity contribution >= 4 is 16.0 Å². The van der Waals surface area contributed by atoms with Gasteiger partial charge in [0.05, 0.1) is 18.4 Å². The van der Waals surface area contributed by atoms with Gasteiger partial charge in [-0.2, -0.15) is 4.31 Å². The van der Waals surface area contributed by atoms with Crippen LogP contribution < -0.4 is 4.74 Å². The molecule has 2 rings (SSSR count). The van der Waals surface area contributed by atoms with E-state index in [4.69, 9.17) is 9.84 Å². The SMILES string of the molecule is COc1ccc(S(=O)(=O)N2CCN(CCC(=O)O)CC2)cc1C. The van der Waals surface area contributed by atoms with Gasteiger partial charge in [0, 0.05) is 32.7 Å². The summed E-state index contributed by atoms with van der Waals surface area (Å²) in [5, 5.41) is 8.70. The molecule has 1 saturated heterocycles. The van der Waals surface area contributed by atoms with Crippen LogP contribution in [0.4, 0.5) is 0 Å². The van der Waals surface area contributed by atoms with Crippen molar-refractivity contribution in [2.75, 3.05) is 39.8 Å². The van der Waals surface area contributed by atoms with E-state index in [-0.39, 0.29) is 11.3 Å². The first-order valence-corrected chi connectivity index (χ1v) is 8.87. The first-order valence-electron chi connectivity index (χ1n) is 7.43. The summed E-state index contributed by atoms with van der Waals surface area (Å²) in [6, 6.07) is 4.83. The number of benzene rings is 1. The highest BCUT2D eigenvalue weighted by Crippen LogP contribution is 2.24. The fraction of sp³-hybridized carbons (Fsp3) is 0.533. The van der Waals surface area contributed by atoms with Crippen molar-refractivity contribution in [2.45, 2.75) is 18.2 Å². The van der Waals surface area contributed by atoms with Gasteiger partial charge in [0.2, 0.25) is 10.0 Å². The molecule has 0 aliphatic carbocycles. The molecule has 1 aliphatic heterocycles. The summed E-state index contributed by atoms with van der Waals surface area (Å²) in [5.74, 6) is -0.184. The molecule has 0 aromatic heterocycles. The average Bonchev–Trinajstić information content (AvgIpc) is 2.53. The summed E-state index contributed by atoms with van der Waals surface area (Å²) in [5.41, 5.74) is 0.772. The Balaban J connectivity index is 2.04. The van der Waals surface area contributed by atoms with Crippen molar-refractivity contribution < 1.29 is 23.1 Å². The second-order valence-corrected chi connectivity index (χ2v) is 7.46. The van der Waals surface area contributed by atoms with Crippen molar-refractivity contribution in [1.29, 1.82) is 0 Å². The molecule has 0 bridgehead atoms. The first kappa shape index (κ1) is 17.7. The number of aliphatic carboxylic acids is 1. The van der Waals surface area contributed by atoms with Crippen LogP contribution >= 0.6 is 0 Å². The molecular weight excluding hydrogens is 320 g/mol. The number of carboxylic acid groups (broad SMARTS) is 1. The van der Waals surface area contributed by atoms with Gasteiger partial charge in [-0.15, -0.1) is 0 Å². The number of aryl methyl sites for hydroxylation is 1. The highest BCUT2D eigenvalue weighted by molar-refractivity contribution is 7.89. The largest absolute Gasteiger partial charge is 0.496 e. The highest BCUT2D eigenvalue weighted by Gasteiger charge is 2.28. The Bertz CT molecular complexity index is 666. The van der Waals surface area contributed by atoms with E-state index in [0.29, 0.717) is 38.5 Å². The van der Waals surface area contributed by atoms with Gasteiger partial charge in [0.25, 0.3) is 0 Å². The summed E-state index contributed by atoms with van der Waals surface area (Å²) in [6.45, 7) is 4.08. The van der Waals surface area contributed by atoms with Crippen LogP contribution in [-0.2, 0) is 14.8 Å². The van der Waals surface area contributed by atoms with Crippen molar-refractivity contribution in [3.8, 4) is 5.75 Å². The number of methoxy groups -OCH3 is 1. The lowest BCUT2D eigenvalue weighted by Gasteiger charge is -2.33. The van der Waals surface area contributed by atoms with E-state index in [2.05, 4.69) is 0 Å². The third-order valence-electron chi connectivity index (χ3n) is 3.98. The molecule has 0 unspecified atom stereocenters. The van der Waals surface area contributed by atoms with Crippen LogP contribution in [0.3, 0.4) is 0 Å². The van der Waals surface area contributed by atoms with Crippen LogP contribution in [0.25, 0.3) is 0 Å². The number of sulfonamides is 1. The molecule has 1 aromatic rings. The Labute approximate surface area is 136 Å². The zero-order chi connectivity index (χ0) is 17.0. The van der Waals surface area contributed by atoms with Crippen molar-refractivity contribution in [3.05, 3.63) is 23.8 Å². The quantitative estimate of drug-likeness (QED) is 0.822. The number of nitrogens with zero attached hydrogens (tertiary/aromatic N) is 2. The Morgan fingerprint density at radius 1 is 1.26 bits per heavy atom. The minimum Gasteiger partial charge on any atom is -0.496 e. The molecule has 1 fully saturated rings. The maximum Gasteiger partial charge on any atom is 0.304 e. The number of carbonyl (C=O) groups is 1. The Morgan fingerprint density at radius 2 is 1.91 bits per heavy atom. The van der Waals surface area contributed by atoms with Crippen molar-refractivity contribution in [3.63, 3.8) is 0 Å². The van der Waals surface area contributed by atoms with E-state index in [9.17, 15) is 13.2 Å². The molecule has 0 saturated carbocycles. The third kappa shape index (κ3) is 4.21. The van der Waals surface area contributed by atoms with Crippen LogP contribution in [0.15, 0.2) is 23.1 Å². The van der Waals surface area contributed by atoms with Gasteiger partial charge >= 0.3 is 5.97 Å². The molecule has 7 nitrogen and oxygen atoms in total. The van der Waals surface area contributed by atoms with Gasteiger partial charge in [-0.25, -0.2) is 8.42 Å². The smallest absolute Gasteiger partial charge is 0.304 e. The molecule has 1 aromatic carbocycles. The fourth-order valence-corrected chi connectivity index (χ4v) is 4.12. The van der Waals surface area contributed by atoms with E-state index in [0.717, 1.165) is 5.56 Å². The number of hydrogen-bond donors (Lipinski definition) is 1. The van der Waals surface area contributed by atoms with E-state index < -0.39 is 16.0 Å². The highest BCUT2D eigenvalue weighted by atomic mass is 32.2. The Kier molecular flexibility index (Phi) is 5.61. The molecule has 0 amide bonds. The minimum absolute atomic E-state index is 0.0738. The van der Waals surface area contributed by atoms with E-state index in [1.807, 2.05) is 11.8 Å². The second kappa shape index (κ2) is 7.29. The second-order valence-electron chi connectivity index (χ2n) is 5.52. The summed E-state index contributed by atoms with van der Waals surface area (Å²) < 4.78 is 32.0. The van der Waals surface area contributed by atoms with Gasteiger partial charge in [-0.3, -0.25) is 4.79 Å². The number of hydrogen-bond acceptors (Lipinski definition) is 5. The molecule has 1 heterocycles. The average molecular weight is 342 g/mol. The maximum absolute atomic E-state index is 12.7. The number of piperazine rings is 1. The van der Waals surface area contributed by atoms with Crippen molar-refractivity contribution in [1.82, 2.24) is 9.21 Å². The summed E-state index contributed by atoms with van der Waals surface area (Å²) >= 11 is 0. The van der Waals surface area contributed by atoms with Crippen LogP contribution in [0.1, 0.15) is 12.0 Å². The lowest BCUT2D eigenvalue weighted by Crippen LogP contribution is -2.48. The molecule has 1 aliphatic rings. The van der Waals surface area contributed by atoms with Gasteiger partial charge in [0.15, 0.2) is 0 Å². The van der Waals surface area contributed by atoms with Crippen LogP contribution in [0.2, 0.25) is 0 Å². The normalized spacial score (nSPS) is 17.1. The molecular formula is C15H22N2O5S. The summed E-state index contributed by atoms with van der Waals surface area (Å²) in [6.07, 6.45) is 0.0738. The predicted molar refractivity (Wildman–Crippen MR) is 85.2 cm³/mol. The zero-order valence-corrected chi connectivity index (χ0v) is 14.2. The molecule has 0 radical (unpaired) electrons. The molecule has 0 spiro atoms. The first-order chi connectivity index (χ1) is 10.8. The van der Waals surface area contributed by atoms with Crippen molar-refractivity contribution in [2.24, 2.45) is 0 Å². The Hall–Kier alpha value is -1.64. The standard InChI is InChI=1S/C15H22N2O5S/c1-12-11-13(3-4-14(12)22-2)23(20,21)17-9-7-16(8-10-17)6-5-15(18)19/h3-4,11H,5-10H2,1-2H3,(H,18,19). The third-order valence-corrected chi connectivity index (χ3v) is 5.87. The number of rotatable bonds is 6. The van der Waals surface area contributed by atoms with E-state index in [1.165, 1.54) is 4.31 Å². The lowest BCUT2D eigenvalue weighted by atomic mass is 10.2. The van der Waals surface area contributed by atoms with Gasteiger partial charge in [-0.1, -0.05) is 0 Å². The van der Waals surface area contributed by atoms with E-state index >= 15 is 0 Å². The molecule has 1 N–H and O–H groups in total. The number of carboxylic acids is 1. The summed E-state index contributed by atoms with van der Waals surface area (Å²) in [7, 11) is -1.98. The van der Waals surface area contributed by atoms with Gasteiger partial charge < -0.3 is 14.7 Å². The molecule has 23 heavy (non-hydrogen) atoms. The fourth-order valence-electron chi connectivity index (χ4n) is 2.61. The van der Waals surface area contributed by atoms with Gasteiger partial charge in [0.1, 0.15) is 5.75 Å². The van der Waals surface area contributed by atoms with E-state index in [1.54, 1.807) is 25.3 Å². The van der Waals surface area contributed by atoms with Crippen LogP contribution in [0, 0.1) is 6.92 Å². The lowest BCUT2D eigenvalue weighted by molar-refractivity contribution is -0.137. The monoisotopic (exact) mass is 342 g/mol. The predicted octanol–water partition coefficient (Wildman–Crippen LogP) is 0.785. The zero-order valence-electron chi connectivity index (χ0n) is 13.4.